The molecule has 1 aromatic heterocycles. The van der Waals surface area contributed by atoms with Gasteiger partial charge in [0.2, 0.25) is 0 Å². The van der Waals surface area contributed by atoms with Gasteiger partial charge < -0.3 is 4.90 Å². The number of aromatic nitrogens is 1. The van der Waals surface area contributed by atoms with E-state index in [1.807, 2.05) is 0 Å². The second-order valence-electron chi connectivity index (χ2n) is 6.80. The van der Waals surface area contributed by atoms with Gasteiger partial charge in [-0.05, 0) is 44.7 Å². The van der Waals surface area contributed by atoms with Crippen LogP contribution in [0.4, 0.5) is 5.13 Å². The molecule has 0 saturated heterocycles. The maximum atomic E-state index is 11.7. The zero-order valence-electron chi connectivity index (χ0n) is 16.2. The predicted molar refractivity (Wildman–Crippen MR) is 109 cm³/mol. The summed E-state index contributed by atoms with van der Waals surface area (Å²) in [6.45, 7) is 12.8. The Morgan fingerprint density at radius 3 is 2.08 bits per heavy atom. The molecule has 136 valence electrons. The molecule has 0 unspecified atom stereocenters. The molecule has 0 bridgehead atoms. The fourth-order valence-electron chi connectivity index (χ4n) is 3.27. The standard InChI is InChI=1S/C21H30N2OS/c1-6-8-10-23(11-9-7-2)21-22-20(18(14-24)25-21)19-16(4)12-15(3)13-17(19)5/h12-14H,6-11H2,1-5H3. The van der Waals surface area contributed by atoms with Gasteiger partial charge in [0.15, 0.2) is 11.4 Å². The molecule has 0 spiro atoms. The molecule has 0 atom stereocenters. The summed E-state index contributed by atoms with van der Waals surface area (Å²) in [7, 11) is 0. The summed E-state index contributed by atoms with van der Waals surface area (Å²) in [6.07, 6.45) is 5.59. The van der Waals surface area contributed by atoms with E-state index >= 15 is 0 Å². The van der Waals surface area contributed by atoms with Crippen molar-refractivity contribution in [2.45, 2.75) is 60.3 Å². The molecule has 4 heteroatoms. The third-order valence-electron chi connectivity index (χ3n) is 4.50. The Labute approximate surface area is 156 Å². The van der Waals surface area contributed by atoms with Crippen LogP contribution in [-0.4, -0.2) is 24.4 Å². The van der Waals surface area contributed by atoms with Crippen molar-refractivity contribution >= 4 is 22.8 Å². The summed E-state index contributed by atoms with van der Waals surface area (Å²) in [5, 5.41) is 0.985. The molecule has 3 nitrogen and oxygen atoms in total. The highest BCUT2D eigenvalue weighted by molar-refractivity contribution is 7.17. The van der Waals surface area contributed by atoms with Crippen molar-refractivity contribution in [2.75, 3.05) is 18.0 Å². The lowest BCUT2D eigenvalue weighted by Crippen LogP contribution is -2.25. The van der Waals surface area contributed by atoms with E-state index in [1.165, 1.54) is 28.0 Å². The fourth-order valence-corrected chi connectivity index (χ4v) is 4.21. The smallest absolute Gasteiger partial charge is 0.186 e. The van der Waals surface area contributed by atoms with Gasteiger partial charge in [0.05, 0.1) is 10.6 Å². The number of aldehydes is 1. The average molecular weight is 359 g/mol. The number of nitrogens with zero attached hydrogens (tertiary/aromatic N) is 2. The highest BCUT2D eigenvalue weighted by Crippen LogP contribution is 2.36. The van der Waals surface area contributed by atoms with Crippen LogP contribution < -0.4 is 4.90 Å². The summed E-state index contributed by atoms with van der Waals surface area (Å²) >= 11 is 1.53. The van der Waals surface area contributed by atoms with E-state index in [9.17, 15) is 4.79 Å². The van der Waals surface area contributed by atoms with Crippen LogP contribution in [0.25, 0.3) is 11.3 Å². The van der Waals surface area contributed by atoms with Crippen molar-refractivity contribution in [3.8, 4) is 11.3 Å². The van der Waals surface area contributed by atoms with Gasteiger partial charge in [0, 0.05) is 18.7 Å². The quantitative estimate of drug-likeness (QED) is 0.519. The minimum Gasteiger partial charge on any atom is -0.348 e. The number of hydrogen-bond donors (Lipinski definition) is 0. The molecule has 1 heterocycles. The molecule has 2 aromatic rings. The molecule has 0 amide bonds. The van der Waals surface area contributed by atoms with Gasteiger partial charge in [-0.3, -0.25) is 4.79 Å². The third-order valence-corrected chi connectivity index (χ3v) is 5.54. The largest absolute Gasteiger partial charge is 0.348 e. The van der Waals surface area contributed by atoms with Crippen LogP contribution in [0, 0.1) is 20.8 Å². The fraction of sp³-hybridized carbons (Fsp3) is 0.524. The first-order chi connectivity index (χ1) is 12.0. The van der Waals surface area contributed by atoms with Gasteiger partial charge in [0.1, 0.15) is 0 Å². The van der Waals surface area contributed by atoms with Crippen molar-refractivity contribution in [2.24, 2.45) is 0 Å². The molecule has 2 rings (SSSR count). The number of hydrogen-bond acceptors (Lipinski definition) is 4. The molecule has 0 fully saturated rings. The molecule has 0 saturated carbocycles. The van der Waals surface area contributed by atoms with Crippen LogP contribution in [0.3, 0.4) is 0 Å². The number of rotatable bonds is 9. The maximum absolute atomic E-state index is 11.7. The van der Waals surface area contributed by atoms with Crippen molar-refractivity contribution in [1.29, 1.82) is 0 Å². The highest BCUT2D eigenvalue weighted by atomic mass is 32.1. The first-order valence-corrected chi connectivity index (χ1v) is 10.1. The second-order valence-corrected chi connectivity index (χ2v) is 7.80. The first kappa shape index (κ1) is 19.6. The number of thiazole rings is 1. The Kier molecular flexibility index (Phi) is 7.18. The van der Waals surface area contributed by atoms with E-state index in [1.54, 1.807) is 0 Å². The zero-order valence-corrected chi connectivity index (χ0v) is 17.0. The number of unbranched alkanes of at least 4 members (excludes halogenated alkanes) is 2. The number of anilines is 1. The Morgan fingerprint density at radius 1 is 1.04 bits per heavy atom. The average Bonchev–Trinajstić information content (AvgIpc) is 2.98. The summed E-state index contributed by atoms with van der Waals surface area (Å²) in [5.74, 6) is 0. The van der Waals surface area contributed by atoms with Gasteiger partial charge in [-0.1, -0.05) is 55.7 Å². The van der Waals surface area contributed by atoms with E-state index in [4.69, 9.17) is 4.98 Å². The van der Waals surface area contributed by atoms with Crippen molar-refractivity contribution in [3.63, 3.8) is 0 Å². The summed E-state index contributed by atoms with van der Waals surface area (Å²) in [4.78, 5) is 19.7. The molecule has 0 radical (unpaired) electrons. The van der Waals surface area contributed by atoms with Gasteiger partial charge >= 0.3 is 0 Å². The van der Waals surface area contributed by atoms with Crippen molar-refractivity contribution < 1.29 is 4.79 Å². The van der Waals surface area contributed by atoms with E-state index in [0.717, 1.165) is 66.3 Å². The Bertz CT molecular complexity index is 690. The van der Waals surface area contributed by atoms with E-state index in [-0.39, 0.29) is 0 Å². The molecule has 1 aromatic carbocycles. The Hall–Kier alpha value is -1.68. The summed E-state index contributed by atoms with van der Waals surface area (Å²) in [5.41, 5.74) is 5.58. The van der Waals surface area contributed by atoms with E-state index in [0.29, 0.717) is 0 Å². The van der Waals surface area contributed by atoms with Crippen LogP contribution in [0.2, 0.25) is 0 Å². The van der Waals surface area contributed by atoms with Gasteiger partial charge in [-0.25, -0.2) is 4.98 Å². The van der Waals surface area contributed by atoms with Gasteiger partial charge in [-0.2, -0.15) is 0 Å². The maximum Gasteiger partial charge on any atom is 0.186 e. The number of aryl methyl sites for hydroxylation is 3. The first-order valence-electron chi connectivity index (χ1n) is 9.30. The second kappa shape index (κ2) is 9.14. The topological polar surface area (TPSA) is 33.2 Å². The normalized spacial score (nSPS) is 10.9. The number of benzene rings is 1. The molecule has 0 N–H and O–H groups in total. The molecule has 0 aliphatic rings. The molecular weight excluding hydrogens is 328 g/mol. The van der Waals surface area contributed by atoms with Crippen LogP contribution in [0.5, 0.6) is 0 Å². The lowest BCUT2D eigenvalue weighted by atomic mass is 9.97. The predicted octanol–water partition coefficient (Wildman–Crippen LogP) is 5.95. The van der Waals surface area contributed by atoms with E-state index < -0.39 is 0 Å². The van der Waals surface area contributed by atoms with Crippen LogP contribution >= 0.6 is 11.3 Å². The van der Waals surface area contributed by atoms with Crippen LogP contribution in [-0.2, 0) is 0 Å². The van der Waals surface area contributed by atoms with Crippen molar-refractivity contribution in [3.05, 3.63) is 33.7 Å². The monoisotopic (exact) mass is 358 g/mol. The number of carbonyl (C=O) groups is 1. The Morgan fingerprint density at radius 2 is 1.60 bits per heavy atom. The molecule has 0 aliphatic heterocycles. The molecule has 0 aliphatic carbocycles. The highest BCUT2D eigenvalue weighted by Gasteiger charge is 2.19. The lowest BCUT2D eigenvalue weighted by Gasteiger charge is -2.21. The molecular formula is C21H30N2OS. The number of carbonyl (C=O) groups excluding carboxylic acids is 1. The third kappa shape index (κ3) is 4.69. The zero-order chi connectivity index (χ0) is 18.4. The lowest BCUT2D eigenvalue weighted by molar-refractivity contribution is 0.112. The van der Waals surface area contributed by atoms with Gasteiger partial charge in [0.25, 0.3) is 0 Å². The minimum atomic E-state index is 0.739. The van der Waals surface area contributed by atoms with E-state index in [2.05, 4.69) is 51.7 Å². The minimum absolute atomic E-state index is 0.739. The molecule has 25 heavy (non-hydrogen) atoms. The summed E-state index contributed by atoms with van der Waals surface area (Å²) < 4.78 is 0. The van der Waals surface area contributed by atoms with Crippen molar-refractivity contribution in [1.82, 2.24) is 4.98 Å². The van der Waals surface area contributed by atoms with Crippen LogP contribution in [0.1, 0.15) is 65.9 Å². The SMILES string of the molecule is CCCCN(CCCC)c1nc(-c2c(C)cc(C)cc2C)c(C=O)s1. The summed E-state index contributed by atoms with van der Waals surface area (Å²) in [6, 6.07) is 4.34. The van der Waals surface area contributed by atoms with Gasteiger partial charge in [-0.15, -0.1) is 0 Å². The van der Waals surface area contributed by atoms with Crippen LogP contribution in [0.15, 0.2) is 12.1 Å². The Balaban J connectivity index is 2.46.